The molecule has 0 unspecified atom stereocenters. The van der Waals surface area contributed by atoms with Gasteiger partial charge in [0.25, 0.3) is 0 Å². The topological polar surface area (TPSA) is 62.3 Å². The zero-order chi connectivity index (χ0) is 22.8. The van der Waals surface area contributed by atoms with Gasteiger partial charge in [0, 0.05) is 0 Å². The first-order chi connectivity index (χ1) is 15.5. The number of carbonyl (C=O) groups is 2. The van der Waals surface area contributed by atoms with Crippen molar-refractivity contribution in [2.24, 2.45) is 0 Å². The third-order valence-electron chi connectivity index (χ3n) is 4.57. The predicted octanol–water partition coefficient (Wildman–Crippen LogP) is 1.69. The van der Waals surface area contributed by atoms with Gasteiger partial charge in [0.2, 0.25) is 0 Å². The zero-order valence-corrected chi connectivity index (χ0v) is 25.0. The van der Waals surface area contributed by atoms with E-state index in [-0.39, 0.29) is 72.0 Å². The minimum atomic E-state index is -0.203. The molecular formula is C28H24Br2N2O2Zr. The molecule has 4 rings (SSSR count). The second kappa shape index (κ2) is 17.2. The molecular weight excluding hydrogens is 647 g/mol. The van der Waals surface area contributed by atoms with Crippen LogP contribution >= 0.6 is 0 Å². The largest absolute Gasteiger partial charge is 4.00 e. The number of hydrogen-bond donors (Lipinski definition) is 0. The summed E-state index contributed by atoms with van der Waals surface area (Å²) in [5.74, 6) is -0.405. The molecule has 0 atom stereocenters. The van der Waals surface area contributed by atoms with E-state index in [0.29, 0.717) is 22.5 Å². The number of benzene rings is 4. The van der Waals surface area contributed by atoms with Crippen LogP contribution in [0.25, 0.3) is 10.6 Å². The molecule has 0 bridgehead atoms. The summed E-state index contributed by atoms with van der Waals surface area (Å²) in [5.41, 5.74) is 4.89. The van der Waals surface area contributed by atoms with E-state index in [9.17, 15) is 9.59 Å². The van der Waals surface area contributed by atoms with Crippen LogP contribution in [0.5, 0.6) is 0 Å². The molecule has 0 radical (unpaired) electrons. The van der Waals surface area contributed by atoms with Gasteiger partial charge in [0.15, 0.2) is 0 Å². The maximum absolute atomic E-state index is 11.8. The molecule has 0 spiro atoms. The minimum absolute atomic E-state index is 0. The van der Waals surface area contributed by atoms with Gasteiger partial charge in [-0.1, -0.05) is 120 Å². The Kier molecular flexibility index (Phi) is 16.0. The van der Waals surface area contributed by atoms with Gasteiger partial charge < -0.3 is 54.2 Å². The Balaban J connectivity index is 0.000000608. The molecule has 4 nitrogen and oxygen atoms in total. The average molecular weight is 672 g/mol. The van der Waals surface area contributed by atoms with Crippen LogP contribution in [0.15, 0.2) is 109 Å². The molecule has 2 amide bonds. The number of carbonyl (C=O) groups excluding carboxylic acids is 2. The van der Waals surface area contributed by atoms with E-state index in [2.05, 4.69) is 10.6 Å². The van der Waals surface area contributed by atoms with Crippen LogP contribution in [0.2, 0.25) is 0 Å². The van der Waals surface area contributed by atoms with Crippen molar-refractivity contribution in [3.63, 3.8) is 0 Å². The van der Waals surface area contributed by atoms with E-state index >= 15 is 0 Å². The summed E-state index contributed by atoms with van der Waals surface area (Å²) in [6.45, 7) is 3.98. The molecule has 0 aliphatic carbocycles. The Hall–Kier alpha value is -2.34. The van der Waals surface area contributed by atoms with E-state index in [1.807, 2.05) is 98.8 Å². The number of para-hydroxylation sites is 2. The Morgan fingerprint density at radius 2 is 0.771 bits per heavy atom. The van der Waals surface area contributed by atoms with Crippen molar-refractivity contribution in [1.29, 1.82) is 0 Å². The van der Waals surface area contributed by atoms with Gasteiger partial charge in [-0.3, -0.25) is 0 Å². The minimum Gasteiger partial charge on any atom is -1.00 e. The first-order valence-electron chi connectivity index (χ1n) is 10.3. The van der Waals surface area contributed by atoms with Gasteiger partial charge >= 0.3 is 26.2 Å². The molecule has 0 aliphatic heterocycles. The SMILES string of the molecule is Cc1ccc(C(=O)[N-]c2ccccc2)cc1.Cc1ccc(C(=O)[N-]c2ccccc2)cc1.[Br-].[Br-].[Zr+4]. The molecule has 0 fully saturated rings. The normalized spacial score (nSPS) is 8.97. The van der Waals surface area contributed by atoms with Crippen LogP contribution in [0.3, 0.4) is 0 Å². The summed E-state index contributed by atoms with van der Waals surface area (Å²) in [6, 6.07) is 33.3. The number of nitrogens with zero attached hydrogens (tertiary/aromatic N) is 2. The van der Waals surface area contributed by atoms with Crippen LogP contribution in [-0.2, 0) is 26.2 Å². The van der Waals surface area contributed by atoms with Gasteiger partial charge in [-0.15, -0.1) is 11.4 Å². The number of hydrogen-bond acceptors (Lipinski definition) is 2. The first kappa shape index (κ1) is 32.7. The summed E-state index contributed by atoms with van der Waals surface area (Å²) < 4.78 is 0. The molecule has 0 aliphatic rings. The molecule has 176 valence electrons. The van der Waals surface area contributed by atoms with Crippen LogP contribution in [-0.4, -0.2) is 11.8 Å². The standard InChI is InChI=1S/2C14H13NO.2BrH.Zr/c2*1-11-7-9-12(10-8-11)14(16)15-13-5-3-2-4-6-13;;;/h2*2-10H,1H3,(H,15,16);2*1H;/q;;;;+4/p-4. The molecule has 35 heavy (non-hydrogen) atoms. The van der Waals surface area contributed by atoms with E-state index < -0.39 is 0 Å². The third kappa shape index (κ3) is 11.3. The third-order valence-corrected chi connectivity index (χ3v) is 4.57. The number of rotatable bonds is 4. The fraction of sp³-hybridized carbons (Fsp3) is 0.0714. The molecule has 7 heteroatoms. The van der Waals surface area contributed by atoms with Crippen LogP contribution in [0.1, 0.15) is 31.8 Å². The molecule has 4 aromatic rings. The zero-order valence-electron chi connectivity index (χ0n) is 19.4. The van der Waals surface area contributed by atoms with Gasteiger partial charge in [-0.2, -0.15) is 0 Å². The number of aryl methyl sites for hydroxylation is 2. The van der Waals surface area contributed by atoms with E-state index in [1.165, 1.54) is 0 Å². The Bertz CT molecular complexity index is 1060. The van der Waals surface area contributed by atoms with Crippen molar-refractivity contribution in [3.05, 3.63) is 142 Å². The maximum atomic E-state index is 11.8. The molecule has 0 aromatic heterocycles. The second-order valence-electron chi connectivity index (χ2n) is 7.24. The van der Waals surface area contributed by atoms with Crippen LogP contribution in [0.4, 0.5) is 11.4 Å². The predicted molar refractivity (Wildman–Crippen MR) is 130 cm³/mol. The summed E-state index contributed by atoms with van der Waals surface area (Å²) in [5, 5.41) is 8.04. The van der Waals surface area contributed by atoms with Gasteiger partial charge in [0.1, 0.15) is 0 Å². The fourth-order valence-corrected chi connectivity index (χ4v) is 2.76. The smallest absolute Gasteiger partial charge is 1.00 e. The quantitative estimate of drug-likeness (QED) is 0.332. The molecule has 0 heterocycles. The monoisotopic (exact) mass is 668 g/mol. The maximum Gasteiger partial charge on any atom is 4.00 e. The summed E-state index contributed by atoms with van der Waals surface area (Å²) in [6.07, 6.45) is 0. The molecule has 0 saturated heterocycles. The molecule has 0 saturated carbocycles. The van der Waals surface area contributed by atoms with Crippen LogP contribution < -0.4 is 34.0 Å². The summed E-state index contributed by atoms with van der Waals surface area (Å²) >= 11 is 0. The summed E-state index contributed by atoms with van der Waals surface area (Å²) in [4.78, 5) is 23.5. The van der Waals surface area contributed by atoms with Crippen molar-refractivity contribution >= 4 is 23.2 Å². The van der Waals surface area contributed by atoms with E-state index in [1.54, 1.807) is 24.3 Å². The molecule has 0 N–H and O–H groups in total. The Labute approximate surface area is 247 Å². The number of halogens is 2. The number of amides is 2. The van der Waals surface area contributed by atoms with Crippen molar-refractivity contribution < 1.29 is 69.8 Å². The van der Waals surface area contributed by atoms with E-state index in [4.69, 9.17) is 0 Å². The van der Waals surface area contributed by atoms with Gasteiger partial charge in [-0.25, -0.2) is 0 Å². The van der Waals surface area contributed by atoms with Crippen molar-refractivity contribution in [2.75, 3.05) is 0 Å². The Morgan fingerprint density at radius 3 is 1.06 bits per heavy atom. The van der Waals surface area contributed by atoms with Crippen molar-refractivity contribution in [2.45, 2.75) is 13.8 Å². The van der Waals surface area contributed by atoms with E-state index in [0.717, 1.165) is 11.1 Å². The van der Waals surface area contributed by atoms with Gasteiger partial charge in [-0.05, 0) is 25.0 Å². The van der Waals surface area contributed by atoms with Crippen molar-refractivity contribution in [3.8, 4) is 0 Å². The second-order valence-corrected chi connectivity index (χ2v) is 7.24. The Morgan fingerprint density at radius 1 is 0.486 bits per heavy atom. The summed E-state index contributed by atoms with van der Waals surface area (Å²) in [7, 11) is 0. The van der Waals surface area contributed by atoms with Crippen molar-refractivity contribution in [1.82, 2.24) is 0 Å². The fourth-order valence-electron chi connectivity index (χ4n) is 2.76. The first-order valence-corrected chi connectivity index (χ1v) is 10.3. The van der Waals surface area contributed by atoms with Crippen LogP contribution in [0, 0.1) is 13.8 Å². The molecule has 4 aromatic carbocycles. The average Bonchev–Trinajstić information content (AvgIpc) is 2.82. The van der Waals surface area contributed by atoms with Gasteiger partial charge in [0.05, 0.1) is 11.8 Å².